The first kappa shape index (κ1) is 40.3. The lowest BCUT2D eigenvalue weighted by atomic mass is 9.75. The van der Waals surface area contributed by atoms with E-state index in [0.29, 0.717) is 0 Å². The van der Waals surface area contributed by atoms with Crippen LogP contribution in [0.15, 0.2) is 133 Å². The Labute approximate surface area is 398 Å². The van der Waals surface area contributed by atoms with Gasteiger partial charge in [0.2, 0.25) is 0 Å². The normalized spacial score (nSPS) is 13.9. The fourth-order valence-corrected chi connectivity index (χ4v) is 12.9. The summed E-state index contributed by atoms with van der Waals surface area (Å²) in [6.45, 7) is 28.1. The molecule has 0 bridgehead atoms. The maximum atomic E-state index is 2.61. The average Bonchev–Trinajstić information content (AvgIpc) is 3.30. The summed E-state index contributed by atoms with van der Waals surface area (Å²) in [5.41, 5.74) is 5.60. The second kappa shape index (κ2) is 12.7. The fraction of sp³-hybridized carbons (Fsp3) is 0.235. The summed E-state index contributed by atoms with van der Waals surface area (Å²) >= 11 is 0. The Kier molecular flexibility index (Phi) is 7.50. The molecule has 0 saturated carbocycles. The molecule has 0 nitrogen and oxygen atoms in total. The van der Waals surface area contributed by atoms with Gasteiger partial charge in [0.1, 0.15) is 0 Å². The Bertz CT molecular complexity index is 4250. The van der Waals surface area contributed by atoms with Gasteiger partial charge in [-0.25, -0.2) is 0 Å². The summed E-state index contributed by atoms with van der Waals surface area (Å²) in [7, 11) is 0. The van der Waals surface area contributed by atoms with Crippen molar-refractivity contribution >= 4 is 140 Å². The number of benzene rings is 14. The van der Waals surface area contributed by atoms with Gasteiger partial charge in [0, 0.05) is 0 Å². The molecule has 0 aliphatic carbocycles. The van der Waals surface area contributed by atoms with E-state index in [-0.39, 0.29) is 21.7 Å². The van der Waals surface area contributed by atoms with E-state index in [4.69, 9.17) is 0 Å². The lowest BCUT2D eigenvalue weighted by Crippen LogP contribution is -2.11. The summed E-state index contributed by atoms with van der Waals surface area (Å²) < 4.78 is 0. The van der Waals surface area contributed by atoms with Gasteiger partial charge in [0.05, 0.1) is 0 Å². The molecule has 0 aliphatic heterocycles. The third-order valence-electron chi connectivity index (χ3n) is 16.6. The van der Waals surface area contributed by atoms with Crippen molar-refractivity contribution < 1.29 is 0 Å². The highest BCUT2D eigenvalue weighted by Gasteiger charge is 2.29. The van der Waals surface area contributed by atoms with E-state index in [1.54, 1.807) is 0 Å². The second-order valence-corrected chi connectivity index (χ2v) is 24.9. The van der Waals surface area contributed by atoms with Crippen LogP contribution in [0.3, 0.4) is 0 Å². The van der Waals surface area contributed by atoms with Crippen LogP contribution in [0, 0.1) is 0 Å². The molecule has 0 heteroatoms. The lowest BCUT2D eigenvalue weighted by Gasteiger charge is -2.27. The van der Waals surface area contributed by atoms with Gasteiger partial charge in [-0.2, -0.15) is 0 Å². The van der Waals surface area contributed by atoms with E-state index < -0.39 is 0 Å². The van der Waals surface area contributed by atoms with Gasteiger partial charge in [-0.15, -0.1) is 0 Å². The van der Waals surface area contributed by atoms with E-state index in [1.165, 1.54) is 162 Å². The smallest absolute Gasteiger partial charge is 0.0000703 e. The first-order valence-electron chi connectivity index (χ1n) is 25.0. The number of hydrogen-bond acceptors (Lipinski definition) is 0. The summed E-state index contributed by atoms with van der Waals surface area (Å²) in [5, 5.41) is 35.3. The molecule has 0 atom stereocenters. The van der Waals surface area contributed by atoms with Gasteiger partial charge in [0.15, 0.2) is 0 Å². The van der Waals surface area contributed by atoms with Crippen molar-refractivity contribution in [2.24, 2.45) is 0 Å². The summed E-state index contributed by atoms with van der Waals surface area (Å²) in [6, 6.07) is 54.0. The van der Waals surface area contributed by atoms with Crippen LogP contribution in [0.25, 0.3) is 140 Å². The molecule has 14 aromatic rings. The molecule has 0 unspecified atom stereocenters. The van der Waals surface area contributed by atoms with Gasteiger partial charge in [-0.1, -0.05) is 192 Å². The standard InChI is InChI=1S/C68H58/c1-65(2,3)37-15-21-41-35(29-37)13-19-43-45-25-27-49-52-32-40(68(10,11)12)18-24-48(52)60-56-34-54-42-22-16-38(66(4,5)6)30-36(42)14-20-44(54)46-26-28-50-51-31-39(67(7,8)9)17-23-47(51)59-55(33-53(41)43)57(45)61(49)64(60)63(59)62(50)58(46)56/h13-34H,1-12H3. The average molecular weight is 875 g/mol. The van der Waals surface area contributed by atoms with Crippen LogP contribution < -0.4 is 0 Å². The van der Waals surface area contributed by atoms with Gasteiger partial charge in [-0.05, 0) is 208 Å². The van der Waals surface area contributed by atoms with Gasteiger partial charge in [0.25, 0.3) is 0 Å². The topological polar surface area (TPSA) is 0 Å². The zero-order valence-corrected chi connectivity index (χ0v) is 41.7. The zero-order chi connectivity index (χ0) is 46.9. The molecule has 14 rings (SSSR count). The summed E-state index contributed by atoms with van der Waals surface area (Å²) in [6.07, 6.45) is 0. The molecule has 0 aromatic heterocycles. The molecule has 0 aliphatic rings. The predicted octanol–water partition coefficient (Wildman–Crippen LogP) is 20.2. The molecule has 0 spiro atoms. The minimum Gasteiger partial charge on any atom is -0.0578 e. The van der Waals surface area contributed by atoms with Gasteiger partial charge < -0.3 is 0 Å². The number of rotatable bonds is 0. The van der Waals surface area contributed by atoms with Crippen molar-refractivity contribution in [2.45, 2.75) is 105 Å². The molecule has 0 heterocycles. The first-order chi connectivity index (χ1) is 32.3. The van der Waals surface area contributed by atoms with Crippen LogP contribution in [-0.4, -0.2) is 0 Å². The van der Waals surface area contributed by atoms with Crippen LogP contribution in [-0.2, 0) is 21.7 Å². The van der Waals surface area contributed by atoms with Crippen molar-refractivity contribution in [1.82, 2.24) is 0 Å². The van der Waals surface area contributed by atoms with E-state index >= 15 is 0 Å². The Morgan fingerprint density at radius 1 is 0.176 bits per heavy atom. The number of fused-ring (bicyclic) bond motifs is 16. The van der Waals surface area contributed by atoms with E-state index in [2.05, 4.69) is 217 Å². The Balaban J connectivity index is 1.30. The SMILES string of the molecule is CC(C)(C)c1ccc2c(ccc3c2cc2c4c3ccc3c5cc(C(C)(C)C)ccc5c5c6cc7c8ccc(C(C)(C)C)cc8ccc7c7ccc8c9cc(C(C)(C)C)ccc9c2c(c8c76)c5c34)c1. The lowest BCUT2D eigenvalue weighted by molar-refractivity contribution is 0.591. The highest BCUT2D eigenvalue weighted by atomic mass is 14.3. The highest BCUT2D eigenvalue weighted by Crippen LogP contribution is 2.57. The van der Waals surface area contributed by atoms with Crippen molar-refractivity contribution in [3.05, 3.63) is 156 Å². The van der Waals surface area contributed by atoms with Crippen molar-refractivity contribution in [2.75, 3.05) is 0 Å². The number of hydrogen-bond donors (Lipinski definition) is 0. The van der Waals surface area contributed by atoms with Gasteiger partial charge >= 0.3 is 0 Å². The molecular weight excluding hydrogens is 817 g/mol. The monoisotopic (exact) mass is 874 g/mol. The molecule has 0 fully saturated rings. The quantitative estimate of drug-likeness (QED) is 0.105. The van der Waals surface area contributed by atoms with Crippen LogP contribution in [0.4, 0.5) is 0 Å². The molecule has 68 heavy (non-hydrogen) atoms. The second-order valence-electron chi connectivity index (χ2n) is 24.9. The Morgan fingerprint density at radius 2 is 0.426 bits per heavy atom. The Hall–Kier alpha value is -6.76. The van der Waals surface area contributed by atoms with Crippen LogP contribution in [0.5, 0.6) is 0 Å². The van der Waals surface area contributed by atoms with E-state index in [1.807, 2.05) is 0 Å². The minimum atomic E-state index is -0.00314. The fourth-order valence-electron chi connectivity index (χ4n) is 12.9. The summed E-state index contributed by atoms with van der Waals surface area (Å²) in [4.78, 5) is 0. The molecule has 0 amide bonds. The molecule has 14 aromatic carbocycles. The van der Waals surface area contributed by atoms with Crippen LogP contribution in [0.1, 0.15) is 105 Å². The summed E-state index contributed by atoms with van der Waals surface area (Å²) in [5.74, 6) is 0. The van der Waals surface area contributed by atoms with E-state index in [9.17, 15) is 0 Å². The van der Waals surface area contributed by atoms with Gasteiger partial charge in [-0.3, -0.25) is 0 Å². The van der Waals surface area contributed by atoms with Crippen molar-refractivity contribution in [1.29, 1.82) is 0 Å². The molecule has 330 valence electrons. The van der Waals surface area contributed by atoms with Crippen LogP contribution in [0.2, 0.25) is 0 Å². The largest absolute Gasteiger partial charge is 0.0578 e. The van der Waals surface area contributed by atoms with Crippen LogP contribution >= 0.6 is 0 Å². The highest BCUT2D eigenvalue weighted by molar-refractivity contribution is 6.56. The molecule has 0 radical (unpaired) electrons. The first-order valence-corrected chi connectivity index (χ1v) is 25.0. The third kappa shape index (κ3) is 5.16. The molecule has 0 saturated heterocycles. The predicted molar refractivity (Wildman–Crippen MR) is 302 cm³/mol. The van der Waals surface area contributed by atoms with Crippen molar-refractivity contribution in [3.8, 4) is 0 Å². The van der Waals surface area contributed by atoms with Crippen molar-refractivity contribution in [3.63, 3.8) is 0 Å². The zero-order valence-electron chi connectivity index (χ0n) is 41.7. The maximum absolute atomic E-state index is 2.61. The Morgan fingerprint density at radius 3 is 0.779 bits per heavy atom. The molecule has 0 N–H and O–H groups in total. The van der Waals surface area contributed by atoms with E-state index in [0.717, 1.165) is 0 Å². The maximum Gasteiger partial charge on any atom is -0.0000703 e. The minimum absolute atomic E-state index is 0.00314. The third-order valence-corrected chi connectivity index (χ3v) is 16.6. The molecular formula is C68H58.